The Morgan fingerprint density at radius 2 is 2.00 bits per heavy atom. The molecule has 1 saturated carbocycles. The average Bonchev–Trinajstić information content (AvgIpc) is 3.13. The SMILES string of the molecule is CCOC(=O)C1(c2ccnc(Nc3cccc(C(C)=O)c3)n2)CCCC1. The van der Waals surface area contributed by atoms with Gasteiger partial charge in [0.1, 0.15) is 5.41 Å². The van der Waals surface area contributed by atoms with Gasteiger partial charge in [-0.25, -0.2) is 9.97 Å². The van der Waals surface area contributed by atoms with E-state index in [-0.39, 0.29) is 11.8 Å². The van der Waals surface area contributed by atoms with Gasteiger partial charge in [-0.2, -0.15) is 0 Å². The Kier molecular flexibility index (Phi) is 5.30. The Hall–Kier alpha value is -2.76. The summed E-state index contributed by atoms with van der Waals surface area (Å²) >= 11 is 0. The quantitative estimate of drug-likeness (QED) is 0.628. The predicted molar refractivity (Wildman–Crippen MR) is 98.5 cm³/mol. The number of hydrogen-bond acceptors (Lipinski definition) is 6. The number of esters is 1. The maximum absolute atomic E-state index is 12.6. The van der Waals surface area contributed by atoms with Crippen LogP contribution in [0.3, 0.4) is 0 Å². The first-order valence-corrected chi connectivity index (χ1v) is 8.94. The van der Waals surface area contributed by atoms with Crippen molar-refractivity contribution >= 4 is 23.4 Å². The van der Waals surface area contributed by atoms with Gasteiger partial charge in [0.05, 0.1) is 12.3 Å². The molecule has 0 spiro atoms. The fraction of sp³-hybridized carbons (Fsp3) is 0.400. The molecule has 0 radical (unpaired) electrons. The molecule has 2 aromatic rings. The number of rotatable bonds is 6. The van der Waals surface area contributed by atoms with Gasteiger partial charge in [0.15, 0.2) is 5.78 Å². The molecule has 0 aliphatic heterocycles. The highest BCUT2D eigenvalue weighted by molar-refractivity contribution is 5.95. The maximum Gasteiger partial charge on any atom is 0.318 e. The zero-order valence-electron chi connectivity index (χ0n) is 15.1. The first kappa shape index (κ1) is 18.0. The van der Waals surface area contributed by atoms with Crippen LogP contribution in [0.4, 0.5) is 11.6 Å². The maximum atomic E-state index is 12.6. The van der Waals surface area contributed by atoms with Gasteiger partial charge in [-0.3, -0.25) is 9.59 Å². The van der Waals surface area contributed by atoms with E-state index in [1.807, 2.05) is 13.0 Å². The molecule has 6 nitrogen and oxygen atoms in total. The van der Waals surface area contributed by atoms with E-state index in [4.69, 9.17) is 4.74 Å². The Morgan fingerprint density at radius 3 is 2.69 bits per heavy atom. The fourth-order valence-electron chi connectivity index (χ4n) is 3.44. The Labute approximate surface area is 153 Å². The number of nitrogens with zero attached hydrogens (tertiary/aromatic N) is 2. The minimum Gasteiger partial charge on any atom is -0.465 e. The highest BCUT2D eigenvalue weighted by Gasteiger charge is 2.45. The van der Waals surface area contributed by atoms with Crippen LogP contribution in [0.2, 0.25) is 0 Å². The van der Waals surface area contributed by atoms with Gasteiger partial charge in [0.25, 0.3) is 0 Å². The number of carbonyl (C=O) groups excluding carboxylic acids is 2. The minimum absolute atomic E-state index is 0.00413. The summed E-state index contributed by atoms with van der Waals surface area (Å²) in [4.78, 5) is 33.0. The summed E-state index contributed by atoms with van der Waals surface area (Å²) in [7, 11) is 0. The topological polar surface area (TPSA) is 81.2 Å². The standard InChI is InChI=1S/C20H23N3O3/c1-3-26-18(25)20(10-4-5-11-20)17-9-12-21-19(23-17)22-16-8-6-7-15(13-16)14(2)24/h6-9,12-13H,3-5,10-11H2,1-2H3,(H,21,22,23). The molecule has 1 aromatic heterocycles. The van der Waals surface area contributed by atoms with Crippen LogP contribution in [0.15, 0.2) is 36.5 Å². The summed E-state index contributed by atoms with van der Waals surface area (Å²) in [6.07, 6.45) is 5.08. The summed E-state index contributed by atoms with van der Waals surface area (Å²) in [5.41, 5.74) is 1.35. The molecule has 26 heavy (non-hydrogen) atoms. The lowest BCUT2D eigenvalue weighted by Gasteiger charge is -2.26. The summed E-state index contributed by atoms with van der Waals surface area (Å²) in [5, 5.41) is 3.12. The highest BCUT2D eigenvalue weighted by atomic mass is 16.5. The van der Waals surface area contributed by atoms with Crippen LogP contribution in [-0.4, -0.2) is 28.3 Å². The summed E-state index contributed by atoms with van der Waals surface area (Å²) < 4.78 is 5.33. The van der Waals surface area contributed by atoms with E-state index < -0.39 is 5.41 Å². The molecule has 1 fully saturated rings. The lowest BCUT2D eigenvalue weighted by molar-refractivity contribution is -0.150. The molecule has 136 valence electrons. The van der Waals surface area contributed by atoms with Crippen molar-refractivity contribution < 1.29 is 14.3 Å². The first-order chi connectivity index (χ1) is 12.5. The van der Waals surface area contributed by atoms with Crippen molar-refractivity contribution in [3.63, 3.8) is 0 Å². The molecule has 1 N–H and O–H groups in total. The molecule has 6 heteroatoms. The third-order valence-corrected chi connectivity index (χ3v) is 4.79. The van der Waals surface area contributed by atoms with E-state index in [9.17, 15) is 9.59 Å². The van der Waals surface area contributed by atoms with E-state index >= 15 is 0 Å². The third-order valence-electron chi connectivity index (χ3n) is 4.79. The van der Waals surface area contributed by atoms with E-state index in [0.717, 1.165) is 31.4 Å². The normalized spacial score (nSPS) is 15.5. The molecule has 0 unspecified atom stereocenters. The Balaban J connectivity index is 1.89. The van der Waals surface area contributed by atoms with Crippen molar-refractivity contribution in [2.75, 3.05) is 11.9 Å². The van der Waals surface area contributed by atoms with E-state index in [2.05, 4.69) is 15.3 Å². The van der Waals surface area contributed by atoms with E-state index in [0.29, 0.717) is 23.8 Å². The van der Waals surface area contributed by atoms with Crippen LogP contribution in [0.5, 0.6) is 0 Å². The molecule has 1 aliphatic carbocycles. The van der Waals surface area contributed by atoms with Gasteiger partial charge in [-0.1, -0.05) is 25.0 Å². The van der Waals surface area contributed by atoms with Crippen molar-refractivity contribution in [3.05, 3.63) is 47.8 Å². The molecular formula is C20H23N3O3. The van der Waals surface area contributed by atoms with Crippen molar-refractivity contribution in [1.82, 2.24) is 9.97 Å². The highest BCUT2D eigenvalue weighted by Crippen LogP contribution is 2.41. The number of carbonyl (C=O) groups is 2. The van der Waals surface area contributed by atoms with Crippen molar-refractivity contribution in [3.8, 4) is 0 Å². The third kappa shape index (κ3) is 3.59. The zero-order valence-corrected chi connectivity index (χ0v) is 15.1. The summed E-state index contributed by atoms with van der Waals surface area (Å²) in [5.74, 6) is 0.190. The zero-order chi connectivity index (χ0) is 18.6. The molecular weight excluding hydrogens is 330 g/mol. The molecule has 0 atom stereocenters. The Bertz CT molecular complexity index is 813. The number of ketones is 1. The molecule has 1 heterocycles. The van der Waals surface area contributed by atoms with Crippen LogP contribution in [0.25, 0.3) is 0 Å². The number of aromatic nitrogens is 2. The van der Waals surface area contributed by atoms with Crippen molar-refractivity contribution in [2.24, 2.45) is 0 Å². The Morgan fingerprint density at radius 1 is 1.23 bits per heavy atom. The second kappa shape index (κ2) is 7.64. The van der Waals surface area contributed by atoms with Gasteiger partial charge < -0.3 is 10.1 Å². The molecule has 0 bridgehead atoms. The van der Waals surface area contributed by atoms with Gasteiger partial charge in [-0.05, 0) is 44.9 Å². The monoisotopic (exact) mass is 353 g/mol. The van der Waals surface area contributed by atoms with Gasteiger partial charge in [0, 0.05) is 17.4 Å². The van der Waals surface area contributed by atoms with Gasteiger partial charge in [0.2, 0.25) is 5.95 Å². The molecule has 0 saturated heterocycles. The average molecular weight is 353 g/mol. The van der Waals surface area contributed by atoms with Crippen LogP contribution in [0, 0.1) is 0 Å². The second-order valence-corrected chi connectivity index (χ2v) is 6.54. The number of anilines is 2. The second-order valence-electron chi connectivity index (χ2n) is 6.54. The van der Waals surface area contributed by atoms with Gasteiger partial charge in [-0.15, -0.1) is 0 Å². The van der Waals surface area contributed by atoms with Crippen molar-refractivity contribution in [1.29, 1.82) is 0 Å². The van der Waals surface area contributed by atoms with Gasteiger partial charge >= 0.3 is 5.97 Å². The summed E-state index contributed by atoms with van der Waals surface area (Å²) in [6, 6.07) is 8.96. The van der Waals surface area contributed by atoms with Crippen LogP contribution >= 0.6 is 0 Å². The number of benzene rings is 1. The fourth-order valence-corrected chi connectivity index (χ4v) is 3.44. The number of ether oxygens (including phenoxy) is 1. The molecule has 0 amide bonds. The summed E-state index contributed by atoms with van der Waals surface area (Å²) in [6.45, 7) is 3.70. The molecule has 1 aliphatic rings. The minimum atomic E-state index is -0.684. The smallest absolute Gasteiger partial charge is 0.318 e. The number of Topliss-reactive ketones (excluding diaryl/α,β-unsaturated/α-hetero) is 1. The molecule has 1 aromatic carbocycles. The number of hydrogen-bond donors (Lipinski definition) is 1. The van der Waals surface area contributed by atoms with E-state index in [1.165, 1.54) is 6.92 Å². The van der Waals surface area contributed by atoms with Crippen LogP contribution in [0.1, 0.15) is 55.6 Å². The first-order valence-electron chi connectivity index (χ1n) is 8.94. The largest absolute Gasteiger partial charge is 0.465 e. The van der Waals surface area contributed by atoms with Crippen LogP contribution in [-0.2, 0) is 14.9 Å². The lowest BCUT2D eigenvalue weighted by atomic mass is 9.82. The molecule has 3 rings (SSSR count). The number of nitrogens with one attached hydrogen (secondary N) is 1. The van der Waals surface area contributed by atoms with Crippen molar-refractivity contribution in [2.45, 2.75) is 44.9 Å². The van der Waals surface area contributed by atoms with Crippen LogP contribution < -0.4 is 5.32 Å². The predicted octanol–water partition coefficient (Wildman–Crippen LogP) is 3.80. The van der Waals surface area contributed by atoms with E-state index in [1.54, 1.807) is 30.5 Å². The lowest BCUT2D eigenvalue weighted by Crippen LogP contribution is -2.35.